The van der Waals surface area contributed by atoms with Crippen LogP contribution in [0.15, 0.2) is 143 Å². The number of aldehydes is 1. The average Bonchev–Trinajstić information content (AvgIpc) is 1.63. The van der Waals surface area contributed by atoms with Gasteiger partial charge < -0.3 is 63.6 Å². The molecule has 0 radical (unpaired) electrons. The molecule has 23 nitrogen and oxygen atoms in total. The van der Waals surface area contributed by atoms with E-state index in [0.29, 0.717) is 69.4 Å². The number of nitrogens with zero attached hydrogens (tertiary/aromatic N) is 2. The number of hydrogen-bond donors (Lipinski definition) is 3. The first-order valence-corrected chi connectivity index (χ1v) is 45.2. The maximum atomic E-state index is 12.1. The number of halogens is 7. The minimum atomic E-state index is -5.08. The van der Waals surface area contributed by atoms with E-state index < -0.39 is 29.9 Å². The topological polar surface area (TPSA) is 316 Å². The van der Waals surface area contributed by atoms with E-state index in [1.165, 1.54) is 133 Å². The van der Waals surface area contributed by atoms with Crippen molar-refractivity contribution in [2.45, 2.75) is 259 Å². The number of carbonyl (C=O) groups is 9. The van der Waals surface area contributed by atoms with Crippen molar-refractivity contribution in [3.05, 3.63) is 260 Å². The van der Waals surface area contributed by atoms with E-state index in [9.17, 15) is 59.9 Å². The predicted octanol–water partition coefficient (Wildman–Crippen LogP) is 19.0. The molecule has 0 spiro atoms. The van der Waals surface area contributed by atoms with Gasteiger partial charge in [0.1, 0.15) is 44.9 Å². The predicted molar refractivity (Wildman–Crippen MR) is 490 cm³/mol. The molecule has 4 fully saturated rings. The fourth-order valence-electron chi connectivity index (χ4n) is 17.2. The number of amides is 1. The quantitative estimate of drug-likeness (QED) is 0.0418. The van der Waals surface area contributed by atoms with Gasteiger partial charge in [-0.2, -0.15) is 26.3 Å². The molecule has 3 saturated heterocycles. The van der Waals surface area contributed by atoms with Crippen molar-refractivity contribution >= 4 is 82.8 Å². The first-order chi connectivity index (χ1) is 62.0. The Morgan fingerprint density at radius 2 is 0.887 bits per heavy atom. The van der Waals surface area contributed by atoms with Crippen molar-refractivity contribution in [1.82, 2.24) is 15.1 Å². The van der Waals surface area contributed by atoms with Crippen molar-refractivity contribution < 1.29 is 154 Å². The molecule has 4 N–H and O–H groups in total. The molecule has 32 heteroatoms. The van der Waals surface area contributed by atoms with Crippen molar-refractivity contribution in [3.63, 3.8) is 0 Å². The summed E-state index contributed by atoms with van der Waals surface area (Å²) in [5.41, 5.74) is 24.4. The molecule has 0 aromatic heterocycles. The Balaban J connectivity index is 0.000000210. The minimum absolute atomic E-state index is 0. The second-order valence-electron chi connectivity index (χ2n) is 35.8. The van der Waals surface area contributed by atoms with Gasteiger partial charge in [0.15, 0.2) is 0 Å². The molecule has 1 saturated carbocycles. The van der Waals surface area contributed by atoms with Crippen LogP contribution in [0.5, 0.6) is 0 Å². The van der Waals surface area contributed by atoms with Gasteiger partial charge in [0, 0.05) is 58.9 Å². The van der Waals surface area contributed by atoms with E-state index in [2.05, 4.69) is 115 Å². The van der Waals surface area contributed by atoms with Crippen LogP contribution in [0.2, 0.25) is 0 Å². The van der Waals surface area contributed by atoms with E-state index in [4.69, 9.17) is 57.5 Å². The Bertz CT molecular complexity index is 5230. The molecule has 7 aromatic rings. The summed E-state index contributed by atoms with van der Waals surface area (Å²) in [5, 5.41) is 17.6. The van der Waals surface area contributed by atoms with Gasteiger partial charge >= 0.3 is 96.9 Å². The number of nitrogens with one attached hydrogen (secondary N) is 1. The van der Waals surface area contributed by atoms with Crippen molar-refractivity contribution in [2.75, 3.05) is 39.3 Å². The van der Waals surface area contributed by atoms with Crippen LogP contribution < -0.4 is 34.9 Å². The zero-order valence-corrected chi connectivity index (χ0v) is 81.4. The van der Waals surface area contributed by atoms with Crippen LogP contribution in [0.25, 0.3) is 5.57 Å². The smallest absolute Gasteiger partial charge is 0.870 e. The molecule has 1 amide bonds. The molecule has 0 unspecified atom stereocenters. The van der Waals surface area contributed by atoms with Crippen LogP contribution >= 0.6 is 15.9 Å². The molecule has 2 aliphatic carbocycles. The molecule has 11 aliphatic rings. The van der Waals surface area contributed by atoms with E-state index in [0.717, 1.165) is 123 Å². The van der Waals surface area contributed by atoms with Gasteiger partial charge in [-0.3, -0.25) is 9.69 Å². The molecule has 18 rings (SSSR count). The third kappa shape index (κ3) is 29.1. The summed E-state index contributed by atoms with van der Waals surface area (Å²) < 4.78 is 107. The number of piperidine rings is 2. The first-order valence-electron chi connectivity index (χ1n) is 44.4. The second-order valence-corrected chi connectivity index (χ2v) is 36.7. The molecule has 0 bridgehead atoms. The maximum absolute atomic E-state index is 12.1. The number of rotatable bonds is 8. The fourth-order valence-corrected chi connectivity index (χ4v) is 17.6. The third-order valence-corrected chi connectivity index (χ3v) is 26.4. The number of carbonyl (C=O) groups excluding carboxylic acids is 7. The molecule has 0 atom stereocenters. The number of esters is 5. The average molecular weight is 1920 g/mol. The summed E-state index contributed by atoms with van der Waals surface area (Å²) in [6, 6.07) is 39.7. The Morgan fingerprint density at radius 3 is 1.27 bits per heavy atom. The number of likely N-dealkylation sites (tertiary alicyclic amines) is 1. The van der Waals surface area contributed by atoms with Crippen LogP contribution in [0, 0.1) is 34.6 Å². The summed E-state index contributed by atoms with van der Waals surface area (Å²) in [7, 11) is -0.314. The minimum Gasteiger partial charge on any atom is -0.870 e. The van der Waals surface area contributed by atoms with Crippen LogP contribution in [-0.2, 0) is 86.9 Å². The Morgan fingerprint density at radius 1 is 0.504 bits per heavy atom. The van der Waals surface area contributed by atoms with Crippen LogP contribution in [-0.4, -0.2) is 155 Å². The number of ether oxygens (including phenoxy) is 6. The van der Waals surface area contributed by atoms with Crippen LogP contribution in [0.1, 0.15) is 303 Å². The van der Waals surface area contributed by atoms with Crippen LogP contribution in [0.4, 0.5) is 31.1 Å². The SMILES string of the molecule is CC(C)(C)OC(=O)N1CC=C(B2OC(C)(C)C(C)(C)O2)CC1.Cc1c(Br)ccc2c1COC2=O.Cc1c(C2=CCCCC2)ccc2c1COC2=O.Cc1c(C2CCCCC2)ccc2c1COC2=O.Cc1c(C2CCN(Cc3ccccc3)CC2)ccc2c1COC2=O.Cc1c(C2CCNCC2)ccc2c1COC2=O.O=C(O)C(F)(F)F.O=C(O)C(F)(F)F.O=Cc1ccccc1.[HH].[Na+].[OH-]. The normalized spacial score (nSPS) is 17.9. The van der Waals surface area contributed by atoms with Gasteiger partial charge in [0.25, 0.3) is 0 Å². The van der Waals surface area contributed by atoms with Gasteiger partial charge in [0.2, 0.25) is 0 Å². The molecular weight excluding hydrogens is 1800 g/mol. The number of carboxylic acid groups (broad SMARTS) is 2. The number of benzene rings is 7. The van der Waals surface area contributed by atoms with Crippen molar-refractivity contribution in [1.29, 1.82) is 0 Å². The van der Waals surface area contributed by atoms with Gasteiger partial charge in [-0.15, -0.1) is 0 Å². The van der Waals surface area contributed by atoms with Gasteiger partial charge in [-0.05, 0) is 301 Å². The Labute approximate surface area is 805 Å². The number of carboxylic acids is 2. The zero-order chi connectivity index (χ0) is 95.5. The molecule has 133 heavy (non-hydrogen) atoms. The van der Waals surface area contributed by atoms with E-state index >= 15 is 0 Å². The zero-order valence-electron chi connectivity index (χ0n) is 77.8. The summed E-state index contributed by atoms with van der Waals surface area (Å²) in [6.07, 6.45) is 11.8. The van der Waals surface area contributed by atoms with E-state index in [1.807, 2.05) is 110 Å². The summed E-state index contributed by atoms with van der Waals surface area (Å²) >= 11 is 3.40. The number of cyclic esters (lactones) is 5. The third-order valence-electron chi connectivity index (χ3n) is 25.5. The number of hydrogen-bond acceptors (Lipinski definition) is 20. The van der Waals surface area contributed by atoms with Gasteiger partial charge in [-0.1, -0.05) is 132 Å². The standard InChI is InChI=1S/C21H23NO2.C16H28BNO4.C15H18O2.C15H16O2.C14H17NO2.C9H7BrO2.C7H6O.2C2HF3O2.Na.H2O.H2/c1-15-18(7-8-19-20(15)14-24-21(19)23)17-9-11-22(12-10-17)13-16-5-3-2-4-6-16;1-14(2,3)20-13(19)18-10-8-12(9-11-18)17-21-15(4,5)16(6,7)22-17;2*1-10-12(11-5-3-2-4-6-11)7-8-13-14(10)9-17-15(13)16;1-9-11(10-4-6-15-7-5-10)2-3-12-13(9)8-17-14(12)16;1-5-7-4-12-9(11)6(7)2-3-8(5)10;8-6-7-4-2-1-3-5-7;2*3-2(4,5)1(6)7;;;/h2-8,17H,9-14H2,1H3;8H,9-11H2,1-7H3;7-8,11H,2-6,9H2,1H3;5,7-8H,2-4,6,9H2,1H3;2-3,10,15H,4-8H2,1H3;2-3H,4H2,1H3;1-6H;2*(H,6,7);;1H2;1H/q;;;;;;;;;+1;;/p-1. The Hall–Kier alpha value is -9.83. The molecule has 9 heterocycles. The number of fused-ring (bicyclic) bond motifs is 5. The van der Waals surface area contributed by atoms with Gasteiger partial charge in [0.05, 0.1) is 39.0 Å². The molecule has 7 aromatic carbocycles. The Kier molecular flexibility index (Phi) is 39.6. The van der Waals surface area contributed by atoms with Crippen molar-refractivity contribution in [3.8, 4) is 0 Å². The largest absolute Gasteiger partial charge is 1.00 e. The monoisotopic (exact) mass is 1920 g/mol. The van der Waals surface area contributed by atoms with E-state index in [-0.39, 0.29) is 90.7 Å². The van der Waals surface area contributed by atoms with Gasteiger partial charge in [-0.25, -0.2) is 38.4 Å². The second kappa shape index (κ2) is 48.6. The number of aliphatic carboxylic acids is 2. The summed E-state index contributed by atoms with van der Waals surface area (Å²) in [5.74, 6) is -4.46. The summed E-state index contributed by atoms with van der Waals surface area (Å²) in [4.78, 5) is 101. The molecule has 9 aliphatic heterocycles. The van der Waals surface area contributed by atoms with Crippen molar-refractivity contribution in [2.24, 2.45) is 0 Å². The fraction of sp³-hybridized carbons (Fsp3) is 0.455. The number of alkyl halides is 6. The molecular formula is C101H120BBrF6N3NaO20. The van der Waals surface area contributed by atoms with E-state index in [1.54, 1.807) is 23.1 Å². The first kappa shape index (κ1) is 109. The maximum Gasteiger partial charge on any atom is 1.00 e. The molecule has 712 valence electrons. The number of allylic oxidation sites excluding steroid dienone is 2. The van der Waals surface area contributed by atoms with Crippen LogP contribution in [0.3, 0.4) is 0 Å². The summed E-state index contributed by atoms with van der Waals surface area (Å²) in [6.45, 7) is 33.2.